The zero-order valence-corrected chi connectivity index (χ0v) is 16.4. The van der Waals surface area contributed by atoms with E-state index in [9.17, 15) is 9.59 Å². The van der Waals surface area contributed by atoms with E-state index in [1.54, 1.807) is 0 Å². The number of aromatic nitrogens is 3. The largest absolute Gasteiger partial charge is 0.356 e. The van der Waals surface area contributed by atoms with Crippen LogP contribution in [0, 0.1) is 0 Å². The molecule has 0 saturated carbocycles. The van der Waals surface area contributed by atoms with E-state index in [4.69, 9.17) is 0 Å². The molecule has 2 rings (SSSR count). The number of carbonyl (C=O) groups is 2. The number of Topliss-reactive ketones (excluding diaryl/α,β-unsaturated/α-hetero) is 1. The van der Waals surface area contributed by atoms with Gasteiger partial charge in [0, 0.05) is 32.0 Å². The van der Waals surface area contributed by atoms with E-state index >= 15 is 0 Å². The number of hydrogen-bond donors (Lipinski definition) is 1. The number of nitrogens with one attached hydrogen (secondary N) is 1. The Morgan fingerprint density at radius 2 is 1.88 bits per heavy atom. The molecule has 2 aromatic rings. The lowest BCUT2D eigenvalue weighted by molar-refractivity contribution is -0.118. The molecule has 0 saturated heterocycles. The number of nitrogens with zero attached hydrogens (tertiary/aromatic N) is 3. The number of ketones is 1. The summed E-state index contributed by atoms with van der Waals surface area (Å²) < 4.78 is 2.03. The summed E-state index contributed by atoms with van der Waals surface area (Å²) in [5, 5.41) is 12.0. The van der Waals surface area contributed by atoms with Crippen molar-refractivity contribution in [1.82, 2.24) is 20.1 Å². The molecule has 0 aliphatic heterocycles. The minimum Gasteiger partial charge on any atom is -0.356 e. The van der Waals surface area contributed by atoms with Crippen molar-refractivity contribution >= 4 is 23.5 Å². The predicted octanol–water partition coefficient (Wildman–Crippen LogP) is 2.90. The Hall–Kier alpha value is -2.15. The molecule has 1 amide bonds. The van der Waals surface area contributed by atoms with Crippen LogP contribution in [-0.2, 0) is 24.2 Å². The van der Waals surface area contributed by atoms with Crippen LogP contribution >= 0.6 is 11.8 Å². The monoisotopic (exact) mass is 374 g/mol. The third-order valence-electron chi connectivity index (χ3n) is 4.08. The molecule has 7 heteroatoms. The fourth-order valence-corrected chi connectivity index (χ4v) is 3.49. The molecule has 0 spiro atoms. The van der Waals surface area contributed by atoms with Crippen LogP contribution in [-0.4, -0.2) is 38.8 Å². The highest BCUT2D eigenvalue weighted by Gasteiger charge is 2.14. The summed E-state index contributed by atoms with van der Waals surface area (Å²) in [6.45, 7) is 7.02. The first-order valence-corrected chi connectivity index (χ1v) is 9.95. The van der Waals surface area contributed by atoms with Gasteiger partial charge in [-0.05, 0) is 25.3 Å². The molecule has 1 heterocycles. The fraction of sp³-hybridized carbons (Fsp3) is 0.474. The second-order valence-corrected chi connectivity index (χ2v) is 6.93. The Bertz CT molecular complexity index is 740. The van der Waals surface area contributed by atoms with Crippen molar-refractivity contribution in [2.24, 2.45) is 0 Å². The van der Waals surface area contributed by atoms with Crippen LogP contribution in [0.5, 0.6) is 0 Å². The molecular formula is C19H26N4O2S. The van der Waals surface area contributed by atoms with Gasteiger partial charge in [0.25, 0.3) is 0 Å². The van der Waals surface area contributed by atoms with Gasteiger partial charge in [0.05, 0.1) is 5.75 Å². The average molecular weight is 375 g/mol. The maximum absolute atomic E-state index is 12.4. The maximum atomic E-state index is 12.4. The number of carbonyl (C=O) groups excluding carboxylic acids is 2. The molecule has 26 heavy (non-hydrogen) atoms. The quantitative estimate of drug-likeness (QED) is 0.393. The molecule has 140 valence electrons. The molecule has 0 atom stereocenters. The zero-order chi connectivity index (χ0) is 18.9. The highest BCUT2D eigenvalue weighted by molar-refractivity contribution is 7.99. The zero-order valence-electron chi connectivity index (χ0n) is 15.6. The molecular weight excluding hydrogens is 348 g/mol. The SMILES string of the molecule is CCc1ccc(C(=O)CSc2nnc(CCCNC(C)=O)n2CC)cc1. The first-order chi connectivity index (χ1) is 12.5. The Labute approximate surface area is 158 Å². The lowest BCUT2D eigenvalue weighted by Gasteiger charge is -2.07. The van der Waals surface area contributed by atoms with Crippen LogP contribution in [0.4, 0.5) is 0 Å². The van der Waals surface area contributed by atoms with Gasteiger partial charge >= 0.3 is 0 Å². The summed E-state index contributed by atoms with van der Waals surface area (Å²) in [7, 11) is 0. The van der Waals surface area contributed by atoms with Crippen molar-refractivity contribution in [2.45, 2.75) is 51.7 Å². The highest BCUT2D eigenvalue weighted by Crippen LogP contribution is 2.19. The molecule has 0 fully saturated rings. The Morgan fingerprint density at radius 3 is 2.50 bits per heavy atom. The second kappa shape index (κ2) is 10.1. The lowest BCUT2D eigenvalue weighted by atomic mass is 10.1. The predicted molar refractivity (Wildman–Crippen MR) is 104 cm³/mol. The van der Waals surface area contributed by atoms with Crippen molar-refractivity contribution in [3.63, 3.8) is 0 Å². The topological polar surface area (TPSA) is 76.9 Å². The van der Waals surface area contributed by atoms with Crippen molar-refractivity contribution in [1.29, 1.82) is 0 Å². The summed E-state index contributed by atoms with van der Waals surface area (Å²) in [5.74, 6) is 1.30. The van der Waals surface area contributed by atoms with Gasteiger partial charge in [-0.15, -0.1) is 10.2 Å². The van der Waals surface area contributed by atoms with Crippen LogP contribution in [0.15, 0.2) is 29.4 Å². The molecule has 0 radical (unpaired) electrons. The van der Waals surface area contributed by atoms with Crippen LogP contribution in [0.25, 0.3) is 0 Å². The summed E-state index contributed by atoms with van der Waals surface area (Å²) in [6, 6.07) is 7.78. The number of thioether (sulfide) groups is 1. The molecule has 1 aromatic carbocycles. The smallest absolute Gasteiger partial charge is 0.216 e. The van der Waals surface area contributed by atoms with Gasteiger partial charge in [-0.2, -0.15) is 0 Å². The average Bonchev–Trinajstić information content (AvgIpc) is 3.05. The van der Waals surface area contributed by atoms with Crippen molar-refractivity contribution in [3.05, 3.63) is 41.2 Å². The van der Waals surface area contributed by atoms with Crippen molar-refractivity contribution in [3.8, 4) is 0 Å². The van der Waals surface area contributed by atoms with E-state index in [-0.39, 0.29) is 11.7 Å². The number of aryl methyl sites for hydroxylation is 2. The highest BCUT2D eigenvalue weighted by atomic mass is 32.2. The summed E-state index contributed by atoms with van der Waals surface area (Å²) in [6.07, 6.45) is 2.52. The normalized spacial score (nSPS) is 10.7. The lowest BCUT2D eigenvalue weighted by Crippen LogP contribution is -2.21. The van der Waals surface area contributed by atoms with E-state index in [0.717, 1.165) is 42.4 Å². The number of benzene rings is 1. The van der Waals surface area contributed by atoms with Crippen LogP contribution in [0.1, 0.15) is 48.9 Å². The van der Waals surface area contributed by atoms with Crippen LogP contribution in [0.3, 0.4) is 0 Å². The second-order valence-electron chi connectivity index (χ2n) is 5.99. The maximum Gasteiger partial charge on any atom is 0.216 e. The number of amides is 1. The van der Waals surface area contributed by atoms with Gasteiger partial charge in [0.1, 0.15) is 5.82 Å². The van der Waals surface area contributed by atoms with E-state index < -0.39 is 0 Å². The Morgan fingerprint density at radius 1 is 1.15 bits per heavy atom. The van der Waals surface area contributed by atoms with E-state index in [0.29, 0.717) is 12.3 Å². The molecule has 1 N–H and O–H groups in total. The van der Waals surface area contributed by atoms with Gasteiger partial charge in [0.15, 0.2) is 10.9 Å². The van der Waals surface area contributed by atoms with Gasteiger partial charge in [-0.3, -0.25) is 9.59 Å². The molecule has 6 nitrogen and oxygen atoms in total. The van der Waals surface area contributed by atoms with Gasteiger partial charge in [-0.1, -0.05) is 43.0 Å². The minimum absolute atomic E-state index is 0.0244. The third-order valence-corrected chi connectivity index (χ3v) is 5.04. The first-order valence-electron chi connectivity index (χ1n) is 8.96. The van der Waals surface area contributed by atoms with E-state index in [1.165, 1.54) is 24.2 Å². The molecule has 0 aliphatic rings. The Kier molecular flexibility index (Phi) is 7.84. The third kappa shape index (κ3) is 5.69. The summed E-state index contributed by atoms with van der Waals surface area (Å²) in [5.41, 5.74) is 1.96. The van der Waals surface area contributed by atoms with Crippen LogP contribution < -0.4 is 5.32 Å². The minimum atomic E-state index is -0.0244. The first kappa shape index (κ1) is 20.2. The van der Waals surface area contributed by atoms with Crippen molar-refractivity contribution in [2.75, 3.05) is 12.3 Å². The van der Waals surface area contributed by atoms with Gasteiger partial charge in [0.2, 0.25) is 5.91 Å². The van der Waals surface area contributed by atoms with E-state index in [1.807, 2.05) is 35.8 Å². The fourth-order valence-electron chi connectivity index (χ4n) is 2.58. The molecule has 0 aliphatic carbocycles. The number of hydrogen-bond acceptors (Lipinski definition) is 5. The molecule has 0 bridgehead atoms. The van der Waals surface area contributed by atoms with Gasteiger partial charge in [-0.25, -0.2) is 0 Å². The van der Waals surface area contributed by atoms with Crippen molar-refractivity contribution < 1.29 is 9.59 Å². The number of rotatable bonds is 10. The van der Waals surface area contributed by atoms with Gasteiger partial charge < -0.3 is 9.88 Å². The van der Waals surface area contributed by atoms with Crippen LogP contribution in [0.2, 0.25) is 0 Å². The molecule has 0 unspecified atom stereocenters. The van der Waals surface area contributed by atoms with E-state index in [2.05, 4.69) is 22.4 Å². The Balaban J connectivity index is 1.92. The molecule has 1 aromatic heterocycles. The standard InChI is InChI=1S/C19H26N4O2S/c1-4-15-8-10-16(11-9-15)17(25)13-26-19-22-21-18(23(19)5-2)7-6-12-20-14(3)24/h8-11H,4-7,12-13H2,1-3H3,(H,20,24). The summed E-state index contributed by atoms with van der Waals surface area (Å²) >= 11 is 1.42. The summed E-state index contributed by atoms with van der Waals surface area (Å²) in [4.78, 5) is 23.3.